The van der Waals surface area contributed by atoms with Crippen molar-refractivity contribution in [3.63, 3.8) is 0 Å². The van der Waals surface area contributed by atoms with Crippen molar-refractivity contribution in [3.8, 4) is 11.5 Å². The number of phenolic OH excluding ortho intramolecular Hbond substituents is 2. The lowest BCUT2D eigenvalue weighted by molar-refractivity contribution is 0.0943. The summed E-state index contributed by atoms with van der Waals surface area (Å²) in [6.45, 7) is 0.616. The normalized spacial score (nSPS) is 23.0. The molecule has 1 aromatic carbocycles. The van der Waals surface area contributed by atoms with Gasteiger partial charge in [0, 0.05) is 23.0 Å². The van der Waals surface area contributed by atoms with Crippen molar-refractivity contribution < 1.29 is 15.0 Å². The van der Waals surface area contributed by atoms with E-state index in [1.54, 1.807) is 0 Å². The first-order valence-electron chi connectivity index (χ1n) is 6.51. The molecule has 2 atom stereocenters. The van der Waals surface area contributed by atoms with Crippen molar-refractivity contribution in [1.29, 1.82) is 0 Å². The quantitative estimate of drug-likeness (QED) is 0.747. The number of benzene rings is 1. The summed E-state index contributed by atoms with van der Waals surface area (Å²) in [6.07, 6.45) is 4.70. The number of carbonyl (C=O) groups is 1. The fourth-order valence-electron chi connectivity index (χ4n) is 2.44. The van der Waals surface area contributed by atoms with Crippen LogP contribution in [-0.4, -0.2) is 27.5 Å². The van der Waals surface area contributed by atoms with Crippen LogP contribution in [0.2, 0.25) is 0 Å². The minimum Gasteiger partial charge on any atom is -0.508 e. The summed E-state index contributed by atoms with van der Waals surface area (Å²) in [5.74, 6) is -0.0394. The van der Waals surface area contributed by atoms with Crippen molar-refractivity contribution >= 4 is 21.8 Å². The van der Waals surface area contributed by atoms with E-state index in [1.807, 2.05) is 0 Å². The third-order valence-corrected chi connectivity index (χ3v) is 4.71. The number of alkyl halides is 1. The summed E-state index contributed by atoms with van der Waals surface area (Å²) in [5.41, 5.74) is 0.277. The first-order valence-corrected chi connectivity index (χ1v) is 7.43. The highest BCUT2D eigenvalue weighted by Crippen LogP contribution is 2.29. The van der Waals surface area contributed by atoms with Gasteiger partial charge in [-0.1, -0.05) is 28.8 Å². The Kier molecular flexibility index (Phi) is 4.69. The van der Waals surface area contributed by atoms with Crippen LogP contribution >= 0.6 is 15.9 Å². The number of amides is 1. The molecule has 1 saturated carbocycles. The molecule has 104 valence electrons. The molecule has 0 radical (unpaired) electrons. The van der Waals surface area contributed by atoms with Gasteiger partial charge in [-0.15, -0.1) is 0 Å². The van der Waals surface area contributed by atoms with Gasteiger partial charge in [-0.05, 0) is 30.9 Å². The number of phenols is 2. The Hall–Kier alpha value is -1.23. The predicted molar refractivity (Wildman–Crippen MR) is 76.8 cm³/mol. The molecule has 2 unspecified atom stereocenters. The van der Waals surface area contributed by atoms with Gasteiger partial charge in [-0.3, -0.25) is 4.79 Å². The summed E-state index contributed by atoms with van der Waals surface area (Å²) in [6, 6.07) is 3.90. The van der Waals surface area contributed by atoms with E-state index < -0.39 is 0 Å². The SMILES string of the molecule is O=C(NCC1CCCCC1Br)c1cc(O)cc(O)c1. The zero-order valence-electron chi connectivity index (χ0n) is 10.6. The van der Waals surface area contributed by atoms with Crippen molar-refractivity contribution in [1.82, 2.24) is 5.32 Å². The maximum atomic E-state index is 11.9. The first-order chi connectivity index (χ1) is 9.06. The van der Waals surface area contributed by atoms with Gasteiger partial charge < -0.3 is 15.5 Å². The van der Waals surface area contributed by atoms with Crippen LogP contribution in [0.15, 0.2) is 18.2 Å². The number of halogens is 1. The number of nitrogens with one attached hydrogen (secondary N) is 1. The fraction of sp³-hybridized carbons (Fsp3) is 0.500. The monoisotopic (exact) mass is 327 g/mol. The molecule has 5 heteroatoms. The van der Waals surface area contributed by atoms with Crippen molar-refractivity contribution in [2.24, 2.45) is 5.92 Å². The van der Waals surface area contributed by atoms with Gasteiger partial charge in [0.1, 0.15) is 11.5 Å². The van der Waals surface area contributed by atoms with E-state index in [1.165, 1.54) is 31.0 Å². The van der Waals surface area contributed by atoms with Crippen LogP contribution < -0.4 is 5.32 Å². The molecule has 0 saturated heterocycles. The van der Waals surface area contributed by atoms with Gasteiger partial charge in [0.05, 0.1) is 0 Å². The topological polar surface area (TPSA) is 69.6 Å². The fourth-order valence-corrected chi connectivity index (χ4v) is 3.22. The smallest absolute Gasteiger partial charge is 0.251 e. The predicted octanol–water partition coefficient (Wildman–Crippen LogP) is 2.78. The number of aromatic hydroxyl groups is 2. The molecule has 0 aromatic heterocycles. The molecule has 19 heavy (non-hydrogen) atoms. The van der Waals surface area contributed by atoms with Crippen LogP contribution in [0.1, 0.15) is 36.0 Å². The van der Waals surface area contributed by atoms with Crippen LogP contribution in [0.3, 0.4) is 0 Å². The number of hydrogen-bond donors (Lipinski definition) is 3. The highest BCUT2D eigenvalue weighted by Gasteiger charge is 2.23. The standard InChI is InChI=1S/C14H18BrNO3/c15-13-4-2-1-3-9(13)8-16-14(19)10-5-11(17)7-12(18)6-10/h5-7,9,13,17-18H,1-4,8H2,(H,16,19). The average Bonchev–Trinajstić information content (AvgIpc) is 2.36. The van der Waals surface area contributed by atoms with Gasteiger partial charge >= 0.3 is 0 Å². The van der Waals surface area contributed by atoms with E-state index in [0.717, 1.165) is 12.8 Å². The van der Waals surface area contributed by atoms with E-state index in [2.05, 4.69) is 21.2 Å². The lowest BCUT2D eigenvalue weighted by Crippen LogP contribution is -2.34. The van der Waals surface area contributed by atoms with Gasteiger partial charge in [-0.25, -0.2) is 0 Å². The van der Waals surface area contributed by atoms with Crippen molar-refractivity contribution in [2.75, 3.05) is 6.54 Å². The molecular formula is C14H18BrNO3. The van der Waals surface area contributed by atoms with Crippen LogP contribution in [0.5, 0.6) is 11.5 Å². The summed E-state index contributed by atoms with van der Waals surface area (Å²) in [5, 5.41) is 21.6. The summed E-state index contributed by atoms with van der Waals surface area (Å²) < 4.78 is 0. The maximum Gasteiger partial charge on any atom is 0.251 e. The van der Waals surface area contributed by atoms with E-state index >= 15 is 0 Å². The molecule has 0 spiro atoms. The summed E-state index contributed by atoms with van der Waals surface area (Å²) in [4.78, 5) is 12.4. The number of carbonyl (C=O) groups excluding carboxylic acids is 1. The first kappa shape index (κ1) is 14.2. The van der Waals surface area contributed by atoms with Crippen LogP contribution in [-0.2, 0) is 0 Å². The highest BCUT2D eigenvalue weighted by atomic mass is 79.9. The Bertz CT molecular complexity index is 444. The second-order valence-electron chi connectivity index (χ2n) is 5.01. The third kappa shape index (κ3) is 3.86. The van der Waals surface area contributed by atoms with Gasteiger partial charge in [0.15, 0.2) is 0 Å². The van der Waals surface area contributed by atoms with Crippen molar-refractivity contribution in [3.05, 3.63) is 23.8 Å². The minimum absolute atomic E-state index is 0.110. The number of hydrogen-bond acceptors (Lipinski definition) is 3. The second-order valence-corrected chi connectivity index (χ2v) is 6.18. The van der Waals surface area contributed by atoms with E-state index in [9.17, 15) is 15.0 Å². The van der Waals surface area contributed by atoms with Gasteiger partial charge in [0.25, 0.3) is 5.91 Å². The van der Waals surface area contributed by atoms with Gasteiger partial charge in [-0.2, -0.15) is 0 Å². The lowest BCUT2D eigenvalue weighted by atomic mass is 9.89. The highest BCUT2D eigenvalue weighted by molar-refractivity contribution is 9.09. The molecule has 0 bridgehead atoms. The molecule has 1 fully saturated rings. The molecule has 2 rings (SSSR count). The van der Waals surface area contributed by atoms with E-state index in [0.29, 0.717) is 17.3 Å². The average molecular weight is 328 g/mol. The molecule has 1 aliphatic rings. The zero-order chi connectivity index (χ0) is 13.8. The largest absolute Gasteiger partial charge is 0.508 e. The minimum atomic E-state index is -0.267. The molecule has 1 aliphatic carbocycles. The molecule has 0 heterocycles. The third-order valence-electron chi connectivity index (χ3n) is 3.51. The Balaban J connectivity index is 1.93. The Labute approximate surface area is 121 Å². The summed E-state index contributed by atoms with van der Waals surface area (Å²) in [7, 11) is 0. The van der Waals surface area contributed by atoms with Crippen LogP contribution in [0, 0.1) is 5.92 Å². The van der Waals surface area contributed by atoms with E-state index in [-0.39, 0.29) is 23.0 Å². The van der Waals surface area contributed by atoms with Crippen LogP contribution in [0.25, 0.3) is 0 Å². The molecule has 3 N–H and O–H groups in total. The summed E-state index contributed by atoms with van der Waals surface area (Å²) >= 11 is 3.65. The zero-order valence-corrected chi connectivity index (χ0v) is 12.2. The lowest BCUT2D eigenvalue weighted by Gasteiger charge is -2.27. The van der Waals surface area contributed by atoms with E-state index in [4.69, 9.17) is 0 Å². The molecule has 4 nitrogen and oxygen atoms in total. The molecule has 1 aromatic rings. The van der Waals surface area contributed by atoms with Gasteiger partial charge in [0.2, 0.25) is 0 Å². The Morgan fingerprint density at radius 3 is 2.47 bits per heavy atom. The maximum absolute atomic E-state index is 11.9. The Morgan fingerprint density at radius 1 is 1.21 bits per heavy atom. The molecule has 1 amide bonds. The molecular weight excluding hydrogens is 310 g/mol. The second kappa shape index (κ2) is 6.28. The Morgan fingerprint density at radius 2 is 1.84 bits per heavy atom. The number of rotatable bonds is 3. The van der Waals surface area contributed by atoms with Crippen molar-refractivity contribution in [2.45, 2.75) is 30.5 Å². The molecule has 0 aliphatic heterocycles. The van der Waals surface area contributed by atoms with Crippen LogP contribution in [0.4, 0.5) is 0 Å².